The van der Waals surface area contributed by atoms with Gasteiger partial charge in [0.2, 0.25) is 0 Å². The molecule has 2 aliphatic rings. The fourth-order valence-corrected chi connectivity index (χ4v) is 4.78. The second-order valence-electron chi connectivity index (χ2n) is 7.59. The number of aryl methyl sites for hydroxylation is 1. The van der Waals surface area contributed by atoms with E-state index >= 15 is 0 Å². The second-order valence-corrected chi connectivity index (χ2v) is 9.27. The summed E-state index contributed by atoms with van der Waals surface area (Å²) >= 11 is 6.68. The number of ether oxygens (including phenoxy) is 3. The Morgan fingerprint density at radius 2 is 2.03 bits per heavy atom. The predicted molar refractivity (Wildman–Crippen MR) is 128 cm³/mol. The molecular formula is C24H23NO5S2. The quantitative estimate of drug-likeness (QED) is 0.265. The van der Waals surface area contributed by atoms with Crippen molar-refractivity contribution >= 4 is 46.3 Å². The maximum atomic E-state index is 12.8. The van der Waals surface area contributed by atoms with Crippen LogP contribution in [-0.2, 0) is 9.53 Å². The van der Waals surface area contributed by atoms with Crippen LogP contribution in [0, 0.1) is 6.92 Å². The van der Waals surface area contributed by atoms with Crippen LogP contribution in [0.3, 0.4) is 0 Å². The van der Waals surface area contributed by atoms with E-state index in [2.05, 4.69) is 0 Å². The molecule has 2 aromatic carbocycles. The molecule has 0 radical (unpaired) electrons. The molecule has 1 amide bonds. The van der Waals surface area contributed by atoms with E-state index in [1.807, 2.05) is 19.1 Å². The highest BCUT2D eigenvalue weighted by molar-refractivity contribution is 8.26. The predicted octanol–water partition coefficient (Wildman–Crippen LogP) is 4.60. The molecule has 0 unspecified atom stereocenters. The Hall–Kier alpha value is -2.68. The van der Waals surface area contributed by atoms with Crippen LogP contribution < -0.4 is 9.47 Å². The van der Waals surface area contributed by atoms with Crippen LogP contribution in [0.5, 0.6) is 11.5 Å². The number of hydrogen-bond donors (Lipinski definition) is 0. The zero-order valence-corrected chi connectivity index (χ0v) is 19.5. The van der Waals surface area contributed by atoms with Crippen LogP contribution in [0.4, 0.5) is 0 Å². The first-order chi connectivity index (χ1) is 15.4. The summed E-state index contributed by atoms with van der Waals surface area (Å²) in [6.45, 7) is 3.17. The summed E-state index contributed by atoms with van der Waals surface area (Å²) in [5.41, 5.74) is 2.26. The molecule has 0 aliphatic carbocycles. The molecule has 4 rings (SSSR count). The van der Waals surface area contributed by atoms with E-state index in [4.69, 9.17) is 26.4 Å². The normalized spacial score (nSPS) is 19.6. The molecule has 2 heterocycles. The van der Waals surface area contributed by atoms with Gasteiger partial charge in [-0.25, -0.2) is 4.79 Å². The average molecular weight is 470 g/mol. The van der Waals surface area contributed by atoms with E-state index in [0.29, 0.717) is 32.8 Å². The van der Waals surface area contributed by atoms with Gasteiger partial charge in [-0.3, -0.25) is 9.69 Å². The third kappa shape index (κ3) is 5.03. The van der Waals surface area contributed by atoms with Crippen molar-refractivity contribution < 1.29 is 23.8 Å². The number of amides is 1. The van der Waals surface area contributed by atoms with Crippen LogP contribution in [0.25, 0.3) is 6.08 Å². The van der Waals surface area contributed by atoms with Crippen LogP contribution in [-0.4, -0.2) is 47.5 Å². The Kier molecular flexibility index (Phi) is 6.93. The topological polar surface area (TPSA) is 65.1 Å². The van der Waals surface area contributed by atoms with Crippen molar-refractivity contribution in [1.82, 2.24) is 4.90 Å². The lowest BCUT2D eigenvalue weighted by molar-refractivity contribution is -0.123. The Bertz CT molecular complexity index is 1070. The summed E-state index contributed by atoms with van der Waals surface area (Å²) < 4.78 is 17.1. The first kappa shape index (κ1) is 22.5. The molecule has 2 saturated heterocycles. The zero-order valence-electron chi connectivity index (χ0n) is 17.8. The van der Waals surface area contributed by atoms with E-state index in [1.54, 1.807) is 41.3 Å². The van der Waals surface area contributed by atoms with E-state index in [-0.39, 0.29) is 12.0 Å². The number of thioether (sulfide) groups is 1. The summed E-state index contributed by atoms with van der Waals surface area (Å²) in [6, 6.07) is 12.3. The van der Waals surface area contributed by atoms with Crippen LogP contribution in [0.1, 0.15) is 34.3 Å². The van der Waals surface area contributed by atoms with E-state index in [1.165, 1.54) is 18.9 Å². The van der Waals surface area contributed by atoms with Gasteiger partial charge in [-0.05, 0) is 55.7 Å². The number of esters is 1. The maximum absolute atomic E-state index is 12.8. The molecule has 0 N–H and O–H groups in total. The highest BCUT2D eigenvalue weighted by Gasteiger charge is 2.34. The van der Waals surface area contributed by atoms with Crippen molar-refractivity contribution in [2.24, 2.45) is 0 Å². The third-order valence-corrected chi connectivity index (χ3v) is 6.64. The molecule has 6 nitrogen and oxygen atoms in total. The van der Waals surface area contributed by atoms with Crippen molar-refractivity contribution in [1.29, 1.82) is 0 Å². The highest BCUT2D eigenvalue weighted by atomic mass is 32.2. The standard InChI is InChI=1S/C24H23NO5S2/c1-15-5-8-17(9-6-15)23(27)30-19-10-7-16(12-20(19)28-2)13-21-22(26)25(24(31)32-21)14-18-4-3-11-29-18/h5-10,12-13,18H,3-4,11,14H2,1-2H3/b21-13-/t18-/m0/s1. The number of rotatable bonds is 6. The van der Waals surface area contributed by atoms with Gasteiger partial charge >= 0.3 is 5.97 Å². The number of carbonyl (C=O) groups excluding carboxylic acids is 2. The Morgan fingerprint density at radius 3 is 2.72 bits per heavy atom. The SMILES string of the molecule is COc1cc(/C=C2\SC(=S)N(C[C@@H]3CCCO3)C2=O)ccc1OC(=O)c1ccc(C)cc1. The van der Waals surface area contributed by atoms with Crippen molar-refractivity contribution in [2.45, 2.75) is 25.9 Å². The fourth-order valence-electron chi connectivity index (χ4n) is 3.51. The molecular weight excluding hydrogens is 446 g/mol. The van der Waals surface area contributed by atoms with Gasteiger partial charge in [0.15, 0.2) is 11.5 Å². The van der Waals surface area contributed by atoms with Crippen molar-refractivity contribution in [3.05, 3.63) is 64.1 Å². The molecule has 0 bridgehead atoms. The lowest BCUT2D eigenvalue weighted by Crippen LogP contribution is -2.35. The van der Waals surface area contributed by atoms with Crippen LogP contribution in [0.15, 0.2) is 47.4 Å². The molecule has 0 spiro atoms. The first-order valence-corrected chi connectivity index (χ1v) is 11.5. The van der Waals surface area contributed by atoms with Gasteiger partial charge in [-0.2, -0.15) is 0 Å². The van der Waals surface area contributed by atoms with Gasteiger partial charge in [0.05, 0.1) is 30.2 Å². The van der Waals surface area contributed by atoms with E-state index in [0.717, 1.165) is 30.6 Å². The number of thiocarbonyl (C=S) groups is 1. The summed E-state index contributed by atoms with van der Waals surface area (Å²) in [6.07, 6.45) is 3.76. The molecule has 2 aromatic rings. The monoisotopic (exact) mass is 469 g/mol. The molecule has 32 heavy (non-hydrogen) atoms. The van der Waals surface area contributed by atoms with Gasteiger partial charge in [0.25, 0.3) is 5.91 Å². The molecule has 8 heteroatoms. The maximum Gasteiger partial charge on any atom is 0.343 e. The number of nitrogens with zero attached hydrogens (tertiary/aromatic N) is 1. The van der Waals surface area contributed by atoms with Gasteiger partial charge in [0, 0.05) is 6.61 Å². The van der Waals surface area contributed by atoms with Crippen molar-refractivity contribution in [2.75, 3.05) is 20.3 Å². The largest absolute Gasteiger partial charge is 0.493 e. The summed E-state index contributed by atoms with van der Waals surface area (Å²) in [5, 5.41) is 0. The van der Waals surface area contributed by atoms with Crippen molar-refractivity contribution in [3.63, 3.8) is 0 Å². The summed E-state index contributed by atoms with van der Waals surface area (Å²) in [5.74, 6) is 0.116. The molecule has 2 fully saturated rings. The minimum absolute atomic E-state index is 0.0412. The first-order valence-electron chi connectivity index (χ1n) is 10.3. The number of methoxy groups -OCH3 is 1. The molecule has 2 aliphatic heterocycles. The van der Waals surface area contributed by atoms with Gasteiger partial charge in [-0.1, -0.05) is 47.7 Å². The minimum atomic E-state index is -0.467. The number of carbonyl (C=O) groups is 2. The third-order valence-electron chi connectivity index (χ3n) is 5.26. The fraction of sp³-hybridized carbons (Fsp3) is 0.292. The Balaban J connectivity index is 1.49. The van der Waals surface area contributed by atoms with E-state index < -0.39 is 5.97 Å². The Labute approximate surface area is 196 Å². The molecule has 0 aromatic heterocycles. The second kappa shape index (κ2) is 9.85. The van der Waals surface area contributed by atoms with Crippen LogP contribution in [0.2, 0.25) is 0 Å². The average Bonchev–Trinajstić information content (AvgIpc) is 3.39. The lowest BCUT2D eigenvalue weighted by atomic mass is 10.1. The van der Waals surface area contributed by atoms with Gasteiger partial charge in [-0.15, -0.1) is 0 Å². The molecule has 0 saturated carbocycles. The molecule has 166 valence electrons. The summed E-state index contributed by atoms with van der Waals surface area (Å²) in [4.78, 5) is 27.4. The minimum Gasteiger partial charge on any atom is -0.493 e. The van der Waals surface area contributed by atoms with Crippen molar-refractivity contribution in [3.8, 4) is 11.5 Å². The Morgan fingerprint density at radius 1 is 1.25 bits per heavy atom. The number of benzene rings is 2. The lowest BCUT2D eigenvalue weighted by Gasteiger charge is -2.18. The van der Waals surface area contributed by atoms with Crippen LogP contribution >= 0.6 is 24.0 Å². The van der Waals surface area contributed by atoms with Gasteiger partial charge in [0.1, 0.15) is 4.32 Å². The van der Waals surface area contributed by atoms with E-state index in [9.17, 15) is 9.59 Å². The molecule has 1 atom stereocenters. The highest BCUT2D eigenvalue weighted by Crippen LogP contribution is 2.35. The smallest absolute Gasteiger partial charge is 0.343 e. The zero-order chi connectivity index (χ0) is 22.7. The summed E-state index contributed by atoms with van der Waals surface area (Å²) in [7, 11) is 1.50. The number of hydrogen-bond acceptors (Lipinski definition) is 7. The van der Waals surface area contributed by atoms with Gasteiger partial charge < -0.3 is 14.2 Å².